The molecule has 1 unspecified atom stereocenters. The van der Waals surface area contributed by atoms with Crippen LogP contribution in [-0.4, -0.2) is 49.7 Å². The van der Waals surface area contributed by atoms with Crippen molar-refractivity contribution in [2.45, 2.75) is 31.3 Å². The molecule has 18 heavy (non-hydrogen) atoms. The highest BCUT2D eigenvalue weighted by atomic mass is 15.3. The van der Waals surface area contributed by atoms with E-state index in [1.54, 1.807) is 12.5 Å². The van der Waals surface area contributed by atoms with Crippen LogP contribution in [0.5, 0.6) is 0 Å². The van der Waals surface area contributed by atoms with Gasteiger partial charge in [-0.2, -0.15) is 0 Å². The van der Waals surface area contributed by atoms with Crippen molar-refractivity contribution >= 4 is 11.5 Å². The fourth-order valence-electron chi connectivity index (χ4n) is 2.73. The minimum Gasteiger partial charge on any atom is -0.363 e. The largest absolute Gasteiger partial charge is 0.363 e. The van der Waals surface area contributed by atoms with Crippen molar-refractivity contribution < 1.29 is 0 Å². The van der Waals surface area contributed by atoms with Gasteiger partial charge in [-0.1, -0.05) is 0 Å². The van der Waals surface area contributed by atoms with Crippen molar-refractivity contribution in [3.05, 3.63) is 18.7 Å². The Morgan fingerprint density at radius 1 is 1.28 bits per heavy atom. The second-order valence-corrected chi connectivity index (χ2v) is 5.19. The molecule has 94 valence electrons. The van der Waals surface area contributed by atoms with E-state index >= 15 is 0 Å². The van der Waals surface area contributed by atoms with Crippen LogP contribution in [0.2, 0.25) is 0 Å². The first-order valence-corrected chi connectivity index (χ1v) is 6.55. The third kappa shape index (κ3) is 1.73. The van der Waals surface area contributed by atoms with E-state index in [9.17, 15) is 0 Å². The predicted octanol–water partition coefficient (Wildman–Crippen LogP) is 0.773. The molecule has 1 saturated carbocycles. The SMILES string of the molecule is c1cn2cnnc2c(NC2CCN(C3CC3)C2)n1. The summed E-state index contributed by atoms with van der Waals surface area (Å²) in [5, 5.41) is 11.5. The monoisotopic (exact) mass is 244 g/mol. The molecule has 0 amide bonds. The maximum atomic E-state index is 4.38. The molecule has 2 aliphatic rings. The standard InChI is InChI=1S/C12H16N6/c1-2-10(1)17-5-3-9(7-17)15-11-12-16-14-8-18(12)6-4-13-11/h4,6,8-10H,1-3,5,7H2,(H,13,15). The van der Waals surface area contributed by atoms with E-state index in [-0.39, 0.29) is 0 Å². The lowest BCUT2D eigenvalue weighted by atomic mass is 10.2. The molecular weight excluding hydrogens is 228 g/mol. The maximum Gasteiger partial charge on any atom is 0.203 e. The van der Waals surface area contributed by atoms with Crippen LogP contribution in [0, 0.1) is 0 Å². The highest BCUT2D eigenvalue weighted by molar-refractivity contribution is 5.61. The van der Waals surface area contributed by atoms with Gasteiger partial charge in [0.05, 0.1) is 0 Å². The molecule has 0 spiro atoms. The summed E-state index contributed by atoms with van der Waals surface area (Å²) in [5.74, 6) is 0.845. The number of rotatable bonds is 3. The smallest absolute Gasteiger partial charge is 0.203 e. The highest BCUT2D eigenvalue weighted by Crippen LogP contribution is 2.30. The van der Waals surface area contributed by atoms with Gasteiger partial charge in [0, 0.05) is 37.6 Å². The molecule has 1 atom stereocenters. The van der Waals surface area contributed by atoms with E-state index in [0.717, 1.165) is 24.1 Å². The lowest BCUT2D eigenvalue weighted by Crippen LogP contribution is -2.28. The second-order valence-electron chi connectivity index (χ2n) is 5.19. The lowest BCUT2D eigenvalue weighted by molar-refractivity contribution is 0.326. The van der Waals surface area contributed by atoms with Gasteiger partial charge >= 0.3 is 0 Å². The molecule has 0 bridgehead atoms. The van der Waals surface area contributed by atoms with Crippen molar-refractivity contribution in [1.82, 2.24) is 24.5 Å². The Bertz CT molecular complexity index is 560. The summed E-state index contributed by atoms with van der Waals surface area (Å²) >= 11 is 0. The molecular formula is C12H16N6. The van der Waals surface area contributed by atoms with Crippen LogP contribution in [0.4, 0.5) is 5.82 Å². The molecule has 3 heterocycles. The van der Waals surface area contributed by atoms with Gasteiger partial charge in [0.1, 0.15) is 6.33 Å². The van der Waals surface area contributed by atoms with Gasteiger partial charge in [-0.15, -0.1) is 10.2 Å². The topological polar surface area (TPSA) is 58.4 Å². The third-order valence-corrected chi connectivity index (χ3v) is 3.84. The summed E-state index contributed by atoms with van der Waals surface area (Å²) in [4.78, 5) is 6.96. The Kier molecular flexibility index (Phi) is 2.23. The zero-order valence-corrected chi connectivity index (χ0v) is 10.2. The molecule has 4 rings (SSSR count). The van der Waals surface area contributed by atoms with E-state index in [1.165, 1.54) is 25.8 Å². The van der Waals surface area contributed by atoms with Crippen molar-refractivity contribution in [2.24, 2.45) is 0 Å². The Hall–Kier alpha value is -1.69. The van der Waals surface area contributed by atoms with E-state index in [1.807, 2.05) is 10.6 Å². The Balaban J connectivity index is 1.52. The number of likely N-dealkylation sites (tertiary alicyclic amines) is 1. The van der Waals surface area contributed by atoms with Gasteiger partial charge in [-0.25, -0.2) is 4.98 Å². The van der Waals surface area contributed by atoms with Gasteiger partial charge in [0.25, 0.3) is 0 Å². The number of aromatic nitrogens is 4. The summed E-state index contributed by atoms with van der Waals surface area (Å²) in [6.45, 7) is 2.33. The van der Waals surface area contributed by atoms with E-state index in [0.29, 0.717) is 6.04 Å². The normalized spacial score (nSPS) is 24.8. The van der Waals surface area contributed by atoms with Crippen LogP contribution < -0.4 is 5.32 Å². The van der Waals surface area contributed by atoms with Gasteiger partial charge < -0.3 is 5.32 Å². The van der Waals surface area contributed by atoms with Crippen molar-refractivity contribution in [2.75, 3.05) is 18.4 Å². The lowest BCUT2D eigenvalue weighted by Gasteiger charge is -2.16. The molecule has 1 saturated heterocycles. The first-order valence-electron chi connectivity index (χ1n) is 6.55. The number of nitrogens with one attached hydrogen (secondary N) is 1. The molecule has 1 aliphatic heterocycles. The number of nitrogens with zero attached hydrogens (tertiary/aromatic N) is 5. The maximum absolute atomic E-state index is 4.38. The average Bonchev–Trinajstić information content (AvgIpc) is 2.94. The Morgan fingerprint density at radius 2 is 2.22 bits per heavy atom. The van der Waals surface area contributed by atoms with Crippen LogP contribution in [0.3, 0.4) is 0 Å². The number of hydrogen-bond acceptors (Lipinski definition) is 5. The van der Waals surface area contributed by atoms with Gasteiger partial charge in [-0.3, -0.25) is 9.30 Å². The molecule has 1 N–H and O–H groups in total. The summed E-state index contributed by atoms with van der Waals surface area (Å²) in [7, 11) is 0. The fourth-order valence-corrected chi connectivity index (χ4v) is 2.73. The molecule has 0 radical (unpaired) electrons. The van der Waals surface area contributed by atoms with Crippen LogP contribution >= 0.6 is 0 Å². The van der Waals surface area contributed by atoms with Crippen molar-refractivity contribution in [3.63, 3.8) is 0 Å². The van der Waals surface area contributed by atoms with E-state index in [4.69, 9.17) is 0 Å². The van der Waals surface area contributed by atoms with Crippen molar-refractivity contribution in [1.29, 1.82) is 0 Å². The summed E-state index contributed by atoms with van der Waals surface area (Å²) in [6, 6.07) is 1.34. The van der Waals surface area contributed by atoms with Crippen LogP contribution in [0.15, 0.2) is 18.7 Å². The van der Waals surface area contributed by atoms with Crippen molar-refractivity contribution in [3.8, 4) is 0 Å². The first-order chi connectivity index (χ1) is 8.90. The zero-order valence-electron chi connectivity index (χ0n) is 10.2. The highest BCUT2D eigenvalue weighted by Gasteiger charge is 2.34. The molecule has 2 aromatic rings. The minimum absolute atomic E-state index is 0.487. The van der Waals surface area contributed by atoms with Crippen LogP contribution in [-0.2, 0) is 0 Å². The summed E-state index contributed by atoms with van der Waals surface area (Å²) in [5.41, 5.74) is 0.808. The summed E-state index contributed by atoms with van der Waals surface area (Å²) in [6.07, 6.45) is 9.30. The predicted molar refractivity (Wildman–Crippen MR) is 67.4 cm³/mol. The van der Waals surface area contributed by atoms with Gasteiger partial charge in [-0.05, 0) is 19.3 Å². The first kappa shape index (κ1) is 10.3. The quantitative estimate of drug-likeness (QED) is 0.864. The molecule has 2 aromatic heterocycles. The number of hydrogen-bond donors (Lipinski definition) is 1. The molecule has 0 aromatic carbocycles. The van der Waals surface area contributed by atoms with Crippen LogP contribution in [0.1, 0.15) is 19.3 Å². The zero-order chi connectivity index (χ0) is 11.9. The number of anilines is 1. The van der Waals surface area contributed by atoms with E-state index in [2.05, 4.69) is 25.4 Å². The Labute approximate surface area is 105 Å². The second kappa shape index (κ2) is 3.91. The number of fused-ring (bicyclic) bond motifs is 1. The molecule has 2 fully saturated rings. The molecule has 1 aliphatic carbocycles. The molecule has 6 heteroatoms. The average molecular weight is 244 g/mol. The third-order valence-electron chi connectivity index (χ3n) is 3.84. The van der Waals surface area contributed by atoms with E-state index < -0.39 is 0 Å². The van der Waals surface area contributed by atoms with Crippen LogP contribution in [0.25, 0.3) is 5.65 Å². The molecule has 6 nitrogen and oxygen atoms in total. The van der Waals surface area contributed by atoms with Gasteiger partial charge in [0.2, 0.25) is 5.65 Å². The summed E-state index contributed by atoms with van der Waals surface area (Å²) < 4.78 is 1.89. The fraction of sp³-hybridized carbons (Fsp3) is 0.583. The van der Waals surface area contributed by atoms with Gasteiger partial charge in [0.15, 0.2) is 5.82 Å². The minimum atomic E-state index is 0.487. The Morgan fingerprint density at radius 3 is 3.11 bits per heavy atom.